The fourth-order valence-corrected chi connectivity index (χ4v) is 3.12. The third-order valence-electron chi connectivity index (χ3n) is 4.59. The molecule has 21 heavy (non-hydrogen) atoms. The van der Waals surface area contributed by atoms with Crippen molar-refractivity contribution in [3.63, 3.8) is 0 Å². The first-order valence-electron chi connectivity index (χ1n) is 7.72. The van der Waals surface area contributed by atoms with Gasteiger partial charge in [0.05, 0.1) is 0 Å². The quantitative estimate of drug-likeness (QED) is 0.904. The summed E-state index contributed by atoms with van der Waals surface area (Å²) in [5.41, 5.74) is 0.918. The van der Waals surface area contributed by atoms with Crippen LogP contribution in [0.4, 0.5) is 4.39 Å². The fourth-order valence-electron chi connectivity index (χ4n) is 3.12. The molecule has 0 saturated heterocycles. The minimum atomic E-state index is -0.246. The molecule has 1 aliphatic rings. The second kappa shape index (κ2) is 7.03. The van der Waals surface area contributed by atoms with Gasteiger partial charge < -0.3 is 10.2 Å². The maximum atomic E-state index is 12.9. The molecule has 0 atom stereocenters. The van der Waals surface area contributed by atoms with Gasteiger partial charge in [0.15, 0.2) is 0 Å². The van der Waals surface area contributed by atoms with E-state index in [-0.39, 0.29) is 17.3 Å². The maximum absolute atomic E-state index is 12.9. The summed E-state index contributed by atoms with van der Waals surface area (Å²) < 4.78 is 12.9. The summed E-state index contributed by atoms with van der Waals surface area (Å²) in [5.74, 6) is -0.0975. The number of nitrogens with zero attached hydrogens (tertiary/aromatic N) is 1. The molecule has 3 nitrogen and oxygen atoms in total. The molecular formula is C17H25FN2O. The molecule has 1 amide bonds. The second-order valence-corrected chi connectivity index (χ2v) is 6.14. The van der Waals surface area contributed by atoms with Gasteiger partial charge in [-0.2, -0.15) is 0 Å². The average Bonchev–Trinajstić information content (AvgIpc) is 2.50. The van der Waals surface area contributed by atoms with Gasteiger partial charge in [-0.3, -0.25) is 4.79 Å². The molecular weight excluding hydrogens is 267 g/mol. The topological polar surface area (TPSA) is 32.3 Å². The molecule has 4 heteroatoms. The molecule has 0 bridgehead atoms. The molecule has 0 aliphatic heterocycles. The molecule has 1 N–H and O–H groups in total. The molecule has 0 radical (unpaired) electrons. The highest BCUT2D eigenvalue weighted by Gasteiger charge is 2.33. The average molecular weight is 292 g/mol. The normalized spacial score (nSPS) is 17.5. The van der Waals surface area contributed by atoms with Crippen molar-refractivity contribution in [3.8, 4) is 0 Å². The van der Waals surface area contributed by atoms with Gasteiger partial charge in [0, 0.05) is 25.6 Å². The van der Waals surface area contributed by atoms with Crippen LogP contribution in [0.25, 0.3) is 0 Å². The second-order valence-electron chi connectivity index (χ2n) is 6.14. The number of hydrogen-bond acceptors (Lipinski definition) is 2. The van der Waals surface area contributed by atoms with Crippen molar-refractivity contribution in [2.75, 3.05) is 14.1 Å². The molecule has 0 spiro atoms. The van der Waals surface area contributed by atoms with Crippen molar-refractivity contribution in [1.29, 1.82) is 0 Å². The van der Waals surface area contributed by atoms with Crippen LogP contribution in [-0.2, 0) is 11.3 Å². The Morgan fingerprint density at radius 2 is 1.86 bits per heavy atom. The third kappa shape index (κ3) is 4.27. The highest BCUT2D eigenvalue weighted by atomic mass is 19.1. The Kier molecular flexibility index (Phi) is 5.34. The third-order valence-corrected chi connectivity index (χ3v) is 4.59. The molecule has 0 heterocycles. The monoisotopic (exact) mass is 292 g/mol. The van der Waals surface area contributed by atoms with Gasteiger partial charge in [-0.25, -0.2) is 4.39 Å². The van der Waals surface area contributed by atoms with E-state index >= 15 is 0 Å². The molecule has 0 unspecified atom stereocenters. The van der Waals surface area contributed by atoms with Crippen LogP contribution in [-0.4, -0.2) is 30.4 Å². The Hall–Kier alpha value is -1.42. The minimum Gasteiger partial charge on any atom is -0.341 e. The molecule has 1 fully saturated rings. The Morgan fingerprint density at radius 3 is 2.43 bits per heavy atom. The Labute approximate surface area is 126 Å². The van der Waals surface area contributed by atoms with E-state index in [4.69, 9.17) is 0 Å². The number of carbonyl (C=O) groups excluding carboxylic acids is 1. The highest BCUT2D eigenvalue weighted by molar-refractivity contribution is 5.77. The van der Waals surface area contributed by atoms with Gasteiger partial charge in [-0.05, 0) is 37.6 Å². The Balaban J connectivity index is 1.93. The molecule has 0 aromatic heterocycles. The number of benzene rings is 1. The van der Waals surface area contributed by atoms with Crippen molar-refractivity contribution < 1.29 is 9.18 Å². The lowest BCUT2D eigenvalue weighted by Crippen LogP contribution is -2.48. The summed E-state index contributed by atoms with van der Waals surface area (Å²) in [6.07, 6.45) is 6.33. The molecule has 1 aliphatic carbocycles. The molecule has 1 aromatic rings. The number of rotatable bonds is 5. The van der Waals surface area contributed by atoms with Crippen LogP contribution in [0.3, 0.4) is 0 Å². The summed E-state index contributed by atoms with van der Waals surface area (Å²) in [5, 5.41) is 3.38. The number of carbonyl (C=O) groups is 1. The summed E-state index contributed by atoms with van der Waals surface area (Å²) in [7, 11) is 3.77. The summed E-state index contributed by atoms with van der Waals surface area (Å²) in [4.78, 5) is 14.2. The van der Waals surface area contributed by atoms with E-state index in [1.807, 2.05) is 14.1 Å². The van der Waals surface area contributed by atoms with Gasteiger partial charge >= 0.3 is 0 Å². The van der Waals surface area contributed by atoms with Crippen molar-refractivity contribution in [1.82, 2.24) is 10.2 Å². The summed E-state index contributed by atoms with van der Waals surface area (Å²) >= 11 is 0. The first-order chi connectivity index (χ1) is 10.0. The lowest BCUT2D eigenvalue weighted by molar-refractivity contribution is -0.132. The van der Waals surface area contributed by atoms with Crippen LogP contribution in [0.2, 0.25) is 0 Å². The van der Waals surface area contributed by atoms with E-state index in [9.17, 15) is 9.18 Å². The Morgan fingerprint density at radius 1 is 1.24 bits per heavy atom. The summed E-state index contributed by atoms with van der Waals surface area (Å²) in [6.45, 7) is 0.527. The van der Waals surface area contributed by atoms with Crippen LogP contribution in [0.1, 0.15) is 44.1 Å². The SMILES string of the molecule is CNC1(CC(=O)N(C)Cc2ccc(F)cc2)CCCCC1. The predicted molar refractivity (Wildman–Crippen MR) is 82.4 cm³/mol. The molecule has 1 aromatic carbocycles. The van der Waals surface area contributed by atoms with Crippen LogP contribution >= 0.6 is 0 Å². The van der Waals surface area contributed by atoms with E-state index < -0.39 is 0 Å². The number of halogens is 1. The summed E-state index contributed by atoms with van der Waals surface area (Å²) in [6, 6.07) is 6.33. The zero-order valence-corrected chi connectivity index (χ0v) is 13.0. The molecule has 1 saturated carbocycles. The van der Waals surface area contributed by atoms with Crippen molar-refractivity contribution in [2.45, 2.75) is 50.6 Å². The first-order valence-corrected chi connectivity index (χ1v) is 7.72. The largest absolute Gasteiger partial charge is 0.341 e. The van der Waals surface area contributed by atoms with Crippen LogP contribution in [0, 0.1) is 5.82 Å². The predicted octanol–water partition coefficient (Wildman–Crippen LogP) is 3.10. The van der Waals surface area contributed by atoms with Crippen molar-refractivity contribution in [3.05, 3.63) is 35.6 Å². The molecule has 2 rings (SSSR count). The van der Waals surface area contributed by atoms with Crippen molar-refractivity contribution >= 4 is 5.91 Å². The smallest absolute Gasteiger partial charge is 0.224 e. The number of nitrogens with one attached hydrogen (secondary N) is 1. The number of hydrogen-bond donors (Lipinski definition) is 1. The fraction of sp³-hybridized carbons (Fsp3) is 0.588. The lowest BCUT2D eigenvalue weighted by Gasteiger charge is -2.37. The van der Waals surface area contributed by atoms with Crippen LogP contribution < -0.4 is 5.32 Å². The maximum Gasteiger partial charge on any atom is 0.224 e. The minimum absolute atomic E-state index is 0.0353. The first kappa shape index (κ1) is 16.0. The van der Waals surface area contributed by atoms with E-state index in [1.54, 1.807) is 17.0 Å². The molecule has 116 valence electrons. The van der Waals surface area contributed by atoms with Gasteiger partial charge in [-0.15, -0.1) is 0 Å². The standard InChI is InChI=1S/C17H25FN2O/c1-19-17(10-4-3-5-11-17)12-16(21)20(2)13-14-6-8-15(18)9-7-14/h6-9,19H,3-5,10-13H2,1-2H3. The van der Waals surface area contributed by atoms with E-state index in [0.717, 1.165) is 18.4 Å². The number of amides is 1. The lowest BCUT2D eigenvalue weighted by atomic mass is 9.79. The van der Waals surface area contributed by atoms with Crippen molar-refractivity contribution in [2.24, 2.45) is 0 Å². The van der Waals surface area contributed by atoms with E-state index in [0.29, 0.717) is 13.0 Å². The highest BCUT2D eigenvalue weighted by Crippen LogP contribution is 2.31. The van der Waals surface area contributed by atoms with E-state index in [1.165, 1.54) is 31.4 Å². The Bertz CT molecular complexity index is 466. The zero-order chi connectivity index (χ0) is 15.3. The van der Waals surface area contributed by atoms with Gasteiger partial charge in [0.2, 0.25) is 5.91 Å². The van der Waals surface area contributed by atoms with Gasteiger partial charge in [0.1, 0.15) is 5.82 Å². The van der Waals surface area contributed by atoms with Crippen LogP contribution in [0.15, 0.2) is 24.3 Å². The van der Waals surface area contributed by atoms with E-state index in [2.05, 4.69) is 5.32 Å². The van der Waals surface area contributed by atoms with Gasteiger partial charge in [0.25, 0.3) is 0 Å². The van der Waals surface area contributed by atoms with Gasteiger partial charge in [-0.1, -0.05) is 31.4 Å². The zero-order valence-electron chi connectivity index (χ0n) is 13.0. The van der Waals surface area contributed by atoms with Crippen LogP contribution in [0.5, 0.6) is 0 Å².